The monoisotopic (exact) mass is 416 g/mol. The molecule has 0 aliphatic carbocycles. The van der Waals surface area contributed by atoms with Gasteiger partial charge in [-0.15, -0.1) is 5.10 Å². The fourth-order valence-electron chi connectivity index (χ4n) is 3.12. The third-order valence-corrected chi connectivity index (χ3v) is 4.57. The van der Waals surface area contributed by atoms with E-state index in [1.807, 2.05) is 32.9 Å². The molecule has 2 aromatic rings. The highest BCUT2D eigenvalue weighted by Gasteiger charge is 2.28. The molecule has 162 valence electrons. The standard InChI is InChI=1S/C20H28N6O4/c1-15(29-17-8-6-16(7-9-17)26-14-21-22-23-26)18(27)24-10-5-11-25(13-12-24)19(28)30-20(2,3)4/h6-9,14-15H,5,10-13H2,1-4H3. The molecule has 1 aromatic carbocycles. The van der Waals surface area contributed by atoms with Gasteiger partial charge in [-0.2, -0.15) is 0 Å². The van der Waals surface area contributed by atoms with Crippen LogP contribution in [0.1, 0.15) is 34.1 Å². The first-order valence-corrected chi connectivity index (χ1v) is 10.00. The Hall–Kier alpha value is -3.17. The number of aromatic nitrogens is 4. The van der Waals surface area contributed by atoms with E-state index in [-0.39, 0.29) is 12.0 Å². The number of rotatable bonds is 4. The Bertz CT molecular complexity index is 847. The maximum absolute atomic E-state index is 12.8. The van der Waals surface area contributed by atoms with Gasteiger partial charge in [0.25, 0.3) is 5.91 Å². The van der Waals surface area contributed by atoms with Crippen LogP contribution in [-0.4, -0.2) is 79.9 Å². The predicted molar refractivity (Wildman–Crippen MR) is 108 cm³/mol. The van der Waals surface area contributed by atoms with E-state index in [1.165, 1.54) is 11.0 Å². The number of ether oxygens (including phenoxy) is 2. The Kier molecular flexibility index (Phi) is 6.53. The molecular weight excluding hydrogens is 388 g/mol. The first-order chi connectivity index (χ1) is 14.2. The van der Waals surface area contributed by atoms with E-state index in [0.29, 0.717) is 38.3 Å². The molecule has 0 bridgehead atoms. The average Bonchev–Trinajstić information content (AvgIpc) is 3.11. The zero-order valence-corrected chi connectivity index (χ0v) is 17.8. The van der Waals surface area contributed by atoms with Gasteiger partial charge in [0, 0.05) is 26.2 Å². The van der Waals surface area contributed by atoms with Crippen LogP contribution in [-0.2, 0) is 9.53 Å². The average molecular weight is 416 g/mol. The molecule has 0 saturated carbocycles. The Morgan fingerprint density at radius 3 is 2.33 bits per heavy atom. The van der Waals surface area contributed by atoms with E-state index in [4.69, 9.17) is 9.47 Å². The predicted octanol–water partition coefficient (Wildman–Crippen LogP) is 1.90. The minimum atomic E-state index is -0.642. The van der Waals surface area contributed by atoms with Gasteiger partial charge in [-0.05, 0) is 68.8 Å². The van der Waals surface area contributed by atoms with Gasteiger partial charge in [-0.25, -0.2) is 9.48 Å². The second-order valence-electron chi connectivity index (χ2n) is 8.15. The van der Waals surface area contributed by atoms with Crippen LogP contribution < -0.4 is 4.74 Å². The summed E-state index contributed by atoms with van der Waals surface area (Å²) < 4.78 is 12.8. The summed E-state index contributed by atoms with van der Waals surface area (Å²) in [6, 6.07) is 7.17. The van der Waals surface area contributed by atoms with E-state index < -0.39 is 11.7 Å². The molecule has 0 spiro atoms. The number of hydrogen-bond donors (Lipinski definition) is 0. The van der Waals surface area contributed by atoms with Crippen LogP contribution in [0.5, 0.6) is 5.75 Å². The molecule has 1 unspecified atom stereocenters. The molecule has 10 nitrogen and oxygen atoms in total. The van der Waals surface area contributed by atoms with Crippen molar-refractivity contribution < 1.29 is 19.1 Å². The van der Waals surface area contributed by atoms with E-state index >= 15 is 0 Å². The first kappa shape index (κ1) is 21.5. The molecule has 1 aromatic heterocycles. The Balaban J connectivity index is 1.54. The molecule has 1 aliphatic heterocycles. The number of tetrazole rings is 1. The van der Waals surface area contributed by atoms with E-state index in [9.17, 15) is 9.59 Å². The first-order valence-electron chi connectivity index (χ1n) is 10.00. The van der Waals surface area contributed by atoms with Gasteiger partial charge in [0.1, 0.15) is 17.7 Å². The molecule has 10 heteroatoms. The van der Waals surface area contributed by atoms with Crippen LogP contribution in [0, 0.1) is 0 Å². The Morgan fingerprint density at radius 2 is 1.70 bits per heavy atom. The van der Waals surface area contributed by atoms with Gasteiger partial charge in [0.2, 0.25) is 0 Å². The van der Waals surface area contributed by atoms with Crippen molar-refractivity contribution in [3.05, 3.63) is 30.6 Å². The van der Waals surface area contributed by atoms with E-state index in [2.05, 4.69) is 15.5 Å². The van der Waals surface area contributed by atoms with Gasteiger partial charge in [-0.3, -0.25) is 4.79 Å². The fraction of sp³-hybridized carbons (Fsp3) is 0.550. The van der Waals surface area contributed by atoms with Crippen molar-refractivity contribution in [3.8, 4) is 11.4 Å². The van der Waals surface area contributed by atoms with Crippen molar-refractivity contribution in [3.63, 3.8) is 0 Å². The van der Waals surface area contributed by atoms with Crippen molar-refractivity contribution in [2.24, 2.45) is 0 Å². The molecule has 0 N–H and O–H groups in total. The largest absolute Gasteiger partial charge is 0.481 e. The molecule has 30 heavy (non-hydrogen) atoms. The summed E-state index contributed by atoms with van der Waals surface area (Å²) in [7, 11) is 0. The highest BCUT2D eigenvalue weighted by atomic mass is 16.6. The van der Waals surface area contributed by atoms with Crippen molar-refractivity contribution in [2.45, 2.75) is 45.8 Å². The molecule has 0 radical (unpaired) electrons. The summed E-state index contributed by atoms with van der Waals surface area (Å²) in [6.07, 6.45) is 1.21. The van der Waals surface area contributed by atoms with Crippen LogP contribution in [0.25, 0.3) is 5.69 Å². The lowest BCUT2D eigenvalue weighted by Crippen LogP contribution is -2.43. The lowest BCUT2D eigenvalue weighted by molar-refractivity contribution is -0.137. The summed E-state index contributed by atoms with van der Waals surface area (Å²) in [5.74, 6) is 0.475. The van der Waals surface area contributed by atoms with Crippen molar-refractivity contribution in [1.82, 2.24) is 30.0 Å². The molecular formula is C20H28N6O4. The maximum atomic E-state index is 12.8. The number of carbonyl (C=O) groups is 2. The zero-order chi connectivity index (χ0) is 21.7. The molecule has 2 heterocycles. The fourth-order valence-corrected chi connectivity index (χ4v) is 3.12. The summed E-state index contributed by atoms with van der Waals surface area (Å²) >= 11 is 0. The maximum Gasteiger partial charge on any atom is 0.410 e. The van der Waals surface area contributed by atoms with Crippen molar-refractivity contribution >= 4 is 12.0 Å². The van der Waals surface area contributed by atoms with Crippen LogP contribution in [0.15, 0.2) is 30.6 Å². The van der Waals surface area contributed by atoms with Gasteiger partial charge in [0.15, 0.2) is 6.10 Å². The quantitative estimate of drug-likeness (QED) is 0.750. The molecule has 1 atom stereocenters. The van der Waals surface area contributed by atoms with Crippen LogP contribution in [0.4, 0.5) is 4.79 Å². The van der Waals surface area contributed by atoms with Crippen molar-refractivity contribution in [1.29, 1.82) is 0 Å². The topological polar surface area (TPSA) is 103 Å². The highest BCUT2D eigenvalue weighted by Crippen LogP contribution is 2.17. The molecule has 2 amide bonds. The molecule has 1 aliphatic rings. The summed E-state index contributed by atoms with van der Waals surface area (Å²) in [4.78, 5) is 28.5. The molecule has 3 rings (SSSR count). The summed E-state index contributed by atoms with van der Waals surface area (Å²) in [5.41, 5.74) is 0.252. The van der Waals surface area contributed by atoms with Crippen LogP contribution in [0.2, 0.25) is 0 Å². The lowest BCUT2D eigenvalue weighted by atomic mass is 10.2. The lowest BCUT2D eigenvalue weighted by Gasteiger charge is -2.27. The third kappa shape index (κ3) is 5.68. The molecule has 1 fully saturated rings. The zero-order valence-electron chi connectivity index (χ0n) is 17.8. The highest BCUT2D eigenvalue weighted by molar-refractivity contribution is 5.81. The minimum Gasteiger partial charge on any atom is -0.481 e. The Labute approximate surface area is 175 Å². The van der Waals surface area contributed by atoms with E-state index in [0.717, 1.165) is 5.69 Å². The number of hydrogen-bond acceptors (Lipinski definition) is 7. The minimum absolute atomic E-state index is 0.106. The third-order valence-electron chi connectivity index (χ3n) is 4.57. The van der Waals surface area contributed by atoms with E-state index in [1.54, 1.807) is 28.9 Å². The second kappa shape index (κ2) is 9.10. The van der Waals surface area contributed by atoms with Crippen molar-refractivity contribution in [2.75, 3.05) is 26.2 Å². The number of carbonyl (C=O) groups excluding carboxylic acids is 2. The van der Waals surface area contributed by atoms with Crippen LogP contribution >= 0.6 is 0 Å². The summed E-state index contributed by atoms with van der Waals surface area (Å²) in [5, 5.41) is 11.0. The second-order valence-corrected chi connectivity index (χ2v) is 8.15. The van der Waals surface area contributed by atoms with Gasteiger partial charge < -0.3 is 19.3 Å². The number of benzene rings is 1. The smallest absolute Gasteiger partial charge is 0.410 e. The summed E-state index contributed by atoms with van der Waals surface area (Å²) in [6.45, 7) is 9.27. The van der Waals surface area contributed by atoms with Crippen LogP contribution in [0.3, 0.4) is 0 Å². The van der Waals surface area contributed by atoms with Gasteiger partial charge in [0.05, 0.1) is 5.69 Å². The molecule has 1 saturated heterocycles. The SMILES string of the molecule is CC(Oc1ccc(-n2cnnn2)cc1)C(=O)N1CCCN(C(=O)OC(C)(C)C)CC1. The van der Waals surface area contributed by atoms with Gasteiger partial charge >= 0.3 is 6.09 Å². The number of amides is 2. The normalized spacial score (nSPS) is 16.0. The van der Waals surface area contributed by atoms with Gasteiger partial charge in [-0.1, -0.05) is 0 Å². The number of nitrogens with zero attached hydrogens (tertiary/aromatic N) is 6. The Morgan fingerprint density at radius 1 is 1.03 bits per heavy atom.